The molecule has 124 valence electrons. The second kappa shape index (κ2) is 9.12. The largest absolute Gasteiger partial charge is 0.312 e. The first-order valence-corrected chi connectivity index (χ1v) is 9.36. The fourth-order valence-corrected chi connectivity index (χ4v) is 4.20. The first kappa shape index (κ1) is 17.2. The third kappa shape index (κ3) is 5.22. The van der Waals surface area contributed by atoms with Crippen LogP contribution in [0.15, 0.2) is 0 Å². The molecule has 21 heavy (non-hydrogen) atoms. The van der Waals surface area contributed by atoms with E-state index in [0.717, 1.165) is 18.1 Å². The van der Waals surface area contributed by atoms with Crippen LogP contribution in [-0.4, -0.2) is 61.7 Å². The van der Waals surface area contributed by atoms with Crippen LogP contribution in [0.5, 0.6) is 0 Å². The van der Waals surface area contributed by atoms with Gasteiger partial charge in [-0.3, -0.25) is 4.90 Å². The smallest absolute Gasteiger partial charge is 0.0249 e. The van der Waals surface area contributed by atoms with Gasteiger partial charge in [0.05, 0.1) is 0 Å². The summed E-state index contributed by atoms with van der Waals surface area (Å²) in [6, 6.07) is 2.33. The Morgan fingerprint density at radius 1 is 0.952 bits per heavy atom. The SMILES string of the molecule is CCCNC1CCCCCCC1N1CCC(N(C)C)CC1. The molecule has 0 aromatic heterocycles. The zero-order chi connectivity index (χ0) is 15.1. The fourth-order valence-electron chi connectivity index (χ4n) is 4.20. The van der Waals surface area contributed by atoms with Gasteiger partial charge in [0.1, 0.15) is 0 Å². The lowest BCUT2D eigenvalue weighted by atomic mass is 9.89. The van der Waals surface area contributed by atoms with Crippen LogP contribution < -0.4 is 5.32 Å². The van der Waals surface area contributed by atoms with Gasteiger partial charge in [-0.25, -0.2) is 0 Å². The molecule has 1 saturated heterocycles. The van der Waals surface area contributed by atoms with Gasteiger partial charge in [0, 0.05) is 18.1 Å². The molecule has 0 aromatic rings. The maximum absolute atomic E-state index is 3.87. The molecule has 0 bridgehead atoms. The highest BCUT2D eigenvalue weighted by Crippen LogP contribution is 2.25. The zero-order valence-electron chi connectivity index (χ0n) is 14.6. The summed E-state index contributed by atoms with van der Waals surface area (Å²) in [5.41, 5.74) is 0. The molecule has 1 aliphatic carbocycles. The summed E-state index contributed by atoms with van der Waals surface area (Å²) in [7, 11) is 4.48. The molecule has 1 heterocycles. The van der Waals surface area contributed by atoms with Crippen molar-refractivity contribution >= 4 is 0 Å². The highest BCUT2D eigenvalue weighted by Gasteiger charge is 2.31. The van der Waals surface area contributed by atoms with Crippen LogP contribution in [-0.2, 0) is 0 Å². The second-order valence-electron chi connectivity index (χ2n) is 7.35. The van der Waals surface area contributed by atoms with Gasteiger partial charge in [-0.2, -0.15) is 0 Å². The molecule has 2 fully saturated rings. The van der Waals surface area contributed by atoms with Crippen molar-refractivity contribution in [3.63, 3.8) is 0 Å². The number of nitrogens with zero attached hydrogens (tertiary/aromatic N) is 2. The van der Waals surface area contributed by atoms with E-state index in [1.807, 2.05) is 0 Å². The predicted octanol–water partition coefficient (Wildman–Crippen LogP) is 3.10. The molecule has 3 nitrogen and oxygen atoms in total. The first-order chi connectivity index (χ1) is 10.2. The van der Waals surface area contributed by atoms with Gasteiger partial charge < -0.3 is 10.2 Å². The van der Waals surface area contributed by atoms with Crippen LogP contribution in [0.25, 0.3) is 0 Å². The highest BCUT2D eigenvalue weighted by molar-refractivity contribution is 4.89. The fraction of sp³-hybridized carbons (Fsp3) is 1.00. The normalized spacial score (nSPS) is 30.3. The Hall–Kier alpha value is -0.120. The highest BCUT2D eigenvalue weighted by atomic mass is 15.2. The Kier molecular flexibility index (Phi) is 7.48. The molecule has 1 aliphatic heterocycles. The maximum Gasteiger partial charge on any atom is 0.0249 e. The van der Waals surface area contributed by atoms with Gasteiger partial charge in [0.25, 0.3) is 0 Å². The Balaban J connectivity index is 1.92. The van der Waals surface area contributed by atoms with Crippen molar-refractivity contribution in [2.24, 2.45) is 0 Å². The lowest BCUT2D eigenvalue weighted by Gasteiger charge is -2.43. The molecule has 2 unspecified atom stereocenters. The minimum atomic E-state index is 0.737. The van der Waals surface area contributed by atoms with E-state index in [4.69, 9.17) is 0 Å². The van der Waals surface area contributed by atoms with Gasteiger partial charge in [-0.1, -0.05) is 32.6 Å². The molecule has 0 radical (unpaired) electrons. The number of hydrogen-bond acceptors (Lipinski definition) is 3. The van der Waals surface area contributed by atoms with Crippen LogP contribution >= 0.6 is 0 Å². The van der Waals surface area contributed by atoms with Gasteiger partial charge in [-0.15, -0.1) is 0 Å². The standard InChI is InChI=1S/C18H37N3/c1-4-13-19-17-9-7-5-6-8-10-18(17)21-14-11-16(12-15-21)20(2)3/h16-19H,4-15H2,1-3H3. The summed E-state index contributed by atoms with van der Waals surface area (Å²) < 4.78 is 0. The average molecular weight is 296 g/mol. The van der Waals surface area contributed by atoms with Gasteiger partial charge in [-0.05, 0) is 65.8 Å². The van der Waals surface area contributed by atoms with E-state index < -0.39 is 0 Å². The van der Waals surface area contributed by atoms with Crippen LogP contribution in [0, 0.1) is 0 Å². The quantitative estimate of drug-likeness (QED) is 0.841. The van der Waals surface area contributed by atoms with Crippen LogP contribution in [0.1, 0.15) is 64.7 Å². The molecule has 2 aliphatic rings. The predicted molar refractivity (Wildman–Crippen MR) is 91.9 cm³/mol. The van der Waals surface area contributed by atoms with Crippen molar-refractivity contribution in [2.45, 2.75) is 82.8 Å². The molecule has 1 saturated carbocycles. The molecule has 2 rings (SSSR count). The number of hydrogen-bond donors (Lipinski definition) is 1. The summed E-state index contributed by atoms with van der Waals surface area (Å²) in [5, 5.41) is 3.87. The maximum atomic E-state index is 3.87. The second-order valence-corrected chi connectivity index (χ2v) is 7.35. The number of nitrogens with one attached hydrogen (secondary N) is 1. The van der Waals surface area contributed by atoms with Gasteiger partial charge in [0.2, 0.25) is 0 Å². The number of rotatable bonds is 5. The minimum absolute atomic E-state index is 0.737. The van der Waals surface area contributed by atoms with Gasteiger partial charge in [0.15, 0.2) is 0 Å². The Labute approximate surface area is 132 Å². The number of piperidine rings is 1. The third-order valence-corrected chi connectivity index (χ3v) is 5.58. The molecule has 0 aromatic carbocycles. The van der Waals surface area contributed by atoms with Crippen molar-refractivity contribution in [3.05, 3.63) is 0 Å². The van der Waals surface area contributed by atoms with Crippen LogP contribution in [0.4, 0.5) is 0 Å². The molecular weight excluding hydrogens is 258 g/mol. The average Bonchev–Trinajstić information content (AvgIpc) is 2.47. The zero-order valence-corrected chi connectivity index (χ0v) is 14.6. The summed E-state index contributed by atoms with van der Waals surface area (Å²) >= 11 is 0. The van der Waals surface area contributed by atoms with E-state index in [1.165, 1.54) is 77.4 Å². The van der Waals surface area contributed by atoms with E-state index in [0.29, 0.717) is 0 Å². The Morgan fingerprint density at radius 3 is 2.24 bits per heavy atom. The molecule has 3 heteroatoms. The molecule has 1 N–H and O–H groups in total. The summed E-state index contributed by atoms with van der Waals surface area (Å²) in [5.74, 6) is 0. The van der Waals surface area contributed by atoms with Crippen molar-refractivity contribution < 1.29 is 0 Å². The number of likely N-dealkylation sites (tertiary alicyclic amines) is 1. The van der Waals surface area contributed by atoms with Crippen molar-refractivity contribution in [1.82, 2.24) is 15.1 Å². The molecule has 0 spiro atoms. The summed E-state index contributed by atoms with van der Waals surface area (Å²) in [6.45, 7) is 6.08. The van der Waals surface area contributed by atoms with E-state index in [2.05, 4.69) is 36.1 Å². The van der Waals surface area contributed by atoms with Crippen molar-refractivity contribution in [1.29, 1.82) is 0 Å². The Bertz CT molecular complexity index is 270. The summed E-state index contributed by atoms with van der Waals surface area (Å²) in [4.78, 5) is 5.24. The molecular formula is C18H37N3. The van der Waals surface area contributed by atoms with E-state index in [-0.39, 0.29) is 0 Å². The topological polar surface area (TPSA) is 18.5 Å². The van der Waals surface area contributed by atoms with E-state index in [9.17, 15) is 0 Å². The summed E-state index contributed by atoms with van der Waals surface area (Å²) in [6.07, 6.45) is 12.5. The lowest BCUT2D eigenvalue weighted by Crippen LogP contribution is -2.54. The van der Waals surface area contributed by atoms with Crippen LogP contribution in [0.2, 0.25) is 0 Å². The van der Waals surface area contributed by atoms with Crippen molar-refractivity contribution in [3.8, 4) is 0 Å². The molecule has 2 atom stereocenters. The molecule has 0 amide bonds. The van der Waals surface area contributed by atoms with E-state index in [1.54, 1.807) is 0 Å². The lowest BCUT2D eigenvalue weighted by molar-refractivity contribution is 0.0774. The minimum Gasteiger partial charge on any atom is -0.312 e. The van der Waals surface area contributed by atoms with Gasteiger partial charge >= 0.3 is 0 Å². The monoisotopic (exact) mass is 295 g/mol. The Morgan fingerprint density at radius 2 is 1.62 bits per heavy atom. The van der Waals surface area contributed by atoms with E-state index >= 15 is 0 Å². The first-order valence-electron chi connectivity index (χ1n) is 9.36. The van der Waals surface area contributed by atoms with Crippen LogP contribution in [0.3, 0.4) is 0 Å². The third-order valence-electron chi connectivity index (χ3n) is 5.58. The van der Waals surface area contributed by atoms with Crippen molar-refractivity contribution in [2.75, 3.05) is 33.7 Å².